The zero-order valence-corrected chi connectivity index (χ0v) is 36.0. The smallest absolute Gasteiger partial charge is 0.164 e. The minimum atomic E-state index is 0.413. The second-order valence-electron chi connectivity index (χ2n) is 17.0. The van der Waals surface area contributed by atoms with Crippen molar-refractivity contribution in [3.63, 3.8) is 0 Å². The number of aromatic nitrogens is 1. The average molecular weight is 794 g/mol. The van der Waals surface area contributed by atoms with E-state index in [1.807, 2.05) is 6.20 Å². The first-order chi connectivity index (χ1) is 29.0. The fraction of sp³-hybridized carbons (Fsp3) is 0.442. The molecule has 7 nitrogen and oxygen atoms in total. The van der Waals surface area contributed by atoms with Gasteiger partial charge in [0.25, 0.3) is 0 Å². The summed E-state index contributed by atoms with van der Waals surface area (Å²) in [6, 6.07) is 32.0. The van der Waals surface area contributed by atoms with Crippen LogP contribution in [0.2, 0.25) is 0 Å². The fourth-order valence-corrected chi connectivity index (χ4v) is 9.53. The number of pyridine rings is 1. The van der Waals surface area contributed by atoms with Crippen molar-refractivity contribution in [2.75, 3.05) is 46.4 Å². The topological polar surface area (TPSA) is 56.3 Å². The molecule has 7 heteroatoms. The van der Waals surface area contributed by atoms with Crippen LogP contribution < -0.4 is 23.8 Å². The number of ether oxygens (including phenoxy) is 4. The van der Waals surface area contributed by atoms with Gasteiger partial charge in [0.15, 0.2) is 11.5 Å². The third-order valence-corrected chi connectivity index (χ3v) is 13.4. The van der Waals surface area contributed by atoms with Gasteiger partial charge >= 0.3 is 0 Å². The van der Waals surface area contributed by atoms with Crippen LogP contribution in [0, 0.1) is 0 Å². The summed E-state index contributed by atoms with van der Waals surface area (Å²) in [6.07, 6.45) is 15.0. The molecule has 0 spiro atoms. The van der Waals surface area contributed by atoms with Crippen LogP contribution in [0.25, 0.3) is 22.4 Å². The van der Waals surface area contributed by atoms with E-state index in [0.717, 1.165) is 85.3 Å². The molecule has 0 bridgehead atoms. The molecule has 1 aromatic heterocycles. The van der Waals surface area contributed by atoms with E-state index < -0.39 is 0 Å². The van der Waals surface area contributed by atoms with Crippen LogP contribution >= 0.6 is 0 Å². The molecular formula is C52H63N3O4. The first kappa shape index (κ1) is 40.8. The predicted octanol–water partition coefficient (Wildman–Crippen LogP) is 12.0. The van der Waals surface area contributed by atoms with Gasteiger partial charge in [-0.2, -0.15) is 0 Å². The second-order valence-corrected chi connectivity index (χ2v) is 17.0. The molecule has 59 heavy (non-hydrogen) atoms. The van der Waals surface area contributed by atoms with E-state index in [1.54, 1.807) is 28.4 Å². The monoisotopic (exact) mass is 793 g/mol. The van der Waals surface area contributed by atoms with E-state index in [0.29, 0.717) is 17.9 Å². The number of piperidine rings is 1. The van der Waals surface area contributed by atoms with Crippen LogP contribution in [0.4, 0.5) is 5.69 Å². The molecule has 0 atom stereocenters. The Hall–Kier alpha value is -5.01. The Balaban J connectivity index is 1.02. The molecule has 0 unspecified atom stereocenters. The van der Waals surface area contributed by atoms with Crippen LogP contribution in [0.3, 0.4) is 0 Å². The van der Waals surface area contributed by atoms with Crippen molar-refractivity contribution in [3.8, 4) is 45.4 Å². The number of nitrogens with zero attached hydrogens (tertiary/aromatic N) is 3. The second kappa shape index (κ2) is 18.9. The summed E-state index contributed by atoms with van der Waals surface area (Å²) in [5.41, 5.74) is 12.2. The predicted molar refractivity (Wildman–Crippen MR) is 240 cm³/mol. The normalized spacial score (nSPS) is 16.3. The SMILES string of the molecule is CCCCc1ccc(N(Cc2ccccc2-c2cc(OC)c(C3CCC3)c(OC)c2)C2CCN(Cc3ccnc(-c4cc(OC)c(OC)c(C5CCC5)c4)c3)CC2)cc1. The molecule has 8 rings (SSSR count). The summed E-state index contributed by atoms with van der Waals surface area (Å²) in [6.45, 7) is 6.07. The van der Waals surface area contributed by atoms with Crippen LogP contribution in [-0.4, -0.2) is 57.5 Å². The Morgan fingerprint density at radius 2 is 1.36 bits per heavy atom. The highest BCUT2D eigenvalue weighted by atomic mass is 16.5. The highest BCUT2D eigenvalue weighted by Gasteiger charge is 2.30. The standard InChI is InChI=1S/C52H63N3O4/c1-6-7-12-36-19-21-43(22-20-36)55(35-40-13-8-9-18-45(40)41-31-48(56-2)51(39-16-11-17-39)49(32-41)57-3)44-24-27-54(28-25-44)34-37-23-26-53-47(29-37)42-30-46(38-14-10-15-38)52(59-5)50(33-42)58-4/h8-9,13,18-23,26,29-33,38-39,44H,6-7,10-12,14-17,24-25,27-28,34-35H2,1-5H3. The Bertz CT molecular complexity index is 2140. The van der Waals surface area contributed by atoms with Gasteiger partial charge in [-0.1, -0.05) is 62.6 Å². The van der Waals surface area contributed by atoms with Gasteiger partial charge in [-0.3, -0.25) is 9.88 Å². The number of unbranched alkanes of at least 4 members (excludes halogenated alkanes) is 1. The first-order valence-corrected chi connectivity index (χ1v) is 22.1. The Morgan fingerprint density at radius 3 is 1.98 bits per heavy atom. The number of rotatable bonds is 17. The highest BCUT2D eigenvalue weighted by Crippen LogP contribution is 2.48. The van der Waals surface area contributed by atoms with Gasteiger partial charge in [0, 0.05) is 60.8 Å². The molecule has 3 fully saturated rings. The maximum absolute atomic E-state index is 6.04. The molecule has 1 aliphatic heterocycles. The Kier molecular flexibility index (Phi) is 13.1. The summed E-state index contributed by atoms with van der Waals surface area (Å²) in [5.74, 6) is 4.55. The molecule has 1 saturated heterocycles. The van der Waals surface area contributed by atoms with Crippen molar-refractivity contribution in [2.24, 2.45) is 0 Å². The Labute approximate surface area is 352 Å². The van der Waals surface area contributed by atoms with Gasteiger partial charge in [0.1, 0.15) is 11.5 Å². The van der Waals surface area contributed by atoms with Crippen molar-refractivity contribution in [1.82, 2.24) is 9.88 Å². The number of aryl methyl sites for hydroxylation is 1. The number of hydrogen-bond donors (Lipinski definition) is 0. The maximum Gasteiger partial charge on any atom is 0.164 e. The molecule has 2 heterocycles. The minimum absolute atomic E-state index is 0.413. The van der Waals surface area contributed by atoms with Gasteiger partial charge in [-0.15, -0.1) is 0 Å². The quantitative estimate of drug-likeness (QED) is 0.0929. The number of anilines is 1. The number of likely N-dealkylation sites (tertiary alicyclic amines) is 1. The molecular weight excluding hydrogens is 731 g/mol. The Morgan fingerprint density at radius 1 is 0.678 bits per heavy atom. The van der Waals surface area contributed by atoms with Gasteiger partial charge in [0.05, 0.1) is 34.1 Å². The number of benzene rings is 4. The first-order valence-electron chi connectivity index (χ1n) is 22.1. The molecule has 0 radical (unpaired) electrons. The van der Waals surface area contributed by atoms with Gasteiger partial charge < -0.3 is 23.8 Å². The van der Waals surface area contributed by atoms with Crippen molar-refractivity contribution in [3.05, 3.63) is 119 Å². The van der Waals surface area contributed by atoms with E-state index in [-0.39, 0.29) is 0 Å². The van der Waals surface area contributed by atoms with E-state index in [9.17, 15) is 0 Å². The average Bonchev–Trinajstić information content (AvgIpc) is 3.24. The lowest BCUT2D eigenvalue weighted by Crippen LogP contribution is -2.44. The van der Waals surface area contributed by atoms with Crippen molar-refractivity contribution < 1.29 is 18.9 Å². The molecule has 4 aromatic carbocycles. The van der Waals surface area contributed by atoms with Crippen LogP contribution in [0.1, 0.15) is 111 Å². The summed E-state index contributed by atoms with van der Waals surface area (Å²) >= 11 is 0. The lowest BCUT2D eigenvalue weighted by molar-refractivity contribution is 0.201. The van der Waals surface area contributed by atoms with E-state index in [4.69, 9.17) is 23.9 Å². The fourth-order valence-electron chi connectivity index (χ4n) is 9.53. The molecule has 2 saturated carbocycles. The summed E-state index contributed by atoms with van der Waals surface area (Å²) in [4.78, 5) is 10.1. The zero-order valence-electron chi connectivity index (χ0n) is 36.0. The van der Waals surface area contributed by atoms with E-state index in [1.165, 1.54) is 90.4 Å². The molecule has 0 amide bonds. The third-order valence-electron chi connectivity index (χ3n) is 13.4. The van der Waals surface area contributed by atoms with Gasteiger partial charge in [-0.25, -0.2) is 0 Å². The highest BCUT2D eigenvalue weighted by molar-refractivity contribution is 5.73. The van der Waals surface area contributed by atoms with Crippen molar-refractivity contribution >= 4 is 5.69 Å². The van der Waals surface area contributed by atoms with Crippen LogP contribution in [-0.2, 0) is 19.5 Å². The summed E-state index contributed by atoms with van der Waals surface area (Å²) in [5, 5.41) is 0. The molecule has 5 aromatic rings. The maximum atomic E-state index is 6.04. The summed E-state index contributed by atoms with van der Waals surface area (Å²) in [7, 11) is 7.06. The molecule has 2 aliphatic carbocycles. The van der Waals surface area contributed by atoms with Gasteiger partial charge in [-0.05, 0) is 140 Å². The van der Waals surface area contributed by atoms with Crippen molar-refractivity contribution in [1.29, 1.82) is 0 Å². The van der Waals surface area contributed by atoms with E-state index >= 15 is 0 Å². The molecule has 0 N–H and O–H groups in total. The van der Waals surface area contributed by atoms with Crippen molar-refractivity contribution in [2.45, 2.75) is 109 Å². The summed E-state index contributed by atoms with van der Waals surface area (Å²) < 4.78 is 23.7. The van der Waals surface area contributed by atoms with E-state index in [2.05, 4.69) is 102 Å². The lowest BCUT2D eigenvalue weighted by atomic mass is 9.78. The minimum Gasteiger partial charge on any atom is -0.496 e. The number of methoxy groups -OCH3 is 4. The zero-order chi connectivity index (χ0) is 40.7. The molecule has 310 valence electrons. The molecule has 3 aliphatic rings. The largest absolute Gasteiger partial charge is 0.496 e. The van der Waals surface area contributed by atoms with Crippen LogP contribution in [0.15, 0.2) is 91.1 Å². The van der Waals surface area contributed by atoms with Gasteiger partial charge in [0.2, 0.25) is 0 Å². The lowest BCUT2D eigenvalue weighted by Gasteiger charge is -2.40. The van der Waals surface area contributed by atoms with Crippen LogP contribution in [0.5, 0.6) is 23.0 Å². The third kappa shape index (κ3) is 8.96. The number of hydrogen-bond acceptors (Lipinski definition) is 7.